The first-order valence-electron chi connectivity index (χ1n) is 6.87. The topological polar surface area (TPSA) is 95.5 Å². The molecule has 112 valence electrons. The number of anilines is 1. The summed E-state index contributed by atoms with van der Waals surface area (Å²) in [4.78, 5) is 34.3. The van der Waals surface area contributed by atoms with Gasteiger partial charge in [0.15, 0.2) is 0 Å². The fourth-order valence-corrected chi connectivity index (χ4v) is 2.09. The number of benzene rings is 1. The van der Waals surface area contributed by atoms with Crippen LogP contribution in [0.25, 0.3) is 0 Å². The molecule has 0 spiro atoms. The molecule has 1 aliphatic carbocycles. The standard InChI is InChI=1S/C15H18N2O4/c1-9(18)16-12-4-2-3-11(8-12)14(19)17-13(15(20)21)7-10-5-6-10/h2-4,8,10,13H,5-7H2,1H3,(H,16,18)(H,17,19)(H,20,21)/t13-/m1/s1. The van der Waals surface area contributed by atoms with Crippen molar-refractivity contribution in [2.45, 2.75) is 32.2 Å². The minimum Gasteiger partial charge on any atom is -0.480 e. The van der Waals surface area contributed by atoms with Gasteiger partial charge in [-0.15, -0.1) is 0 Å². The van der Waals surface area contributed by atoms with Crippen LogP contribution < -0.4 is 10.6 Å². The molecule has 6 heteroatoms. The van der Waals surface area contributed by atoms with Crippen molar-refractivity contribution in [2.75, 3.05) is 5.32 Å². The third kappa shape index (κ3) is 4.59. The van der Waals surface area contributed by atoms with E-state index < -0.39 is 17.9 Å². The summed E-state index contributed by atoms with van der Waals surface area (Å²) in [7, 11) is 0. The molecule has 2 rings (SSSR count). The zero-order chi connectivity index (χ0) is 15.4. The lowest BCUT2D eigenvalue weighted by Crippen LogP contribution is -2.41. The summed E-state index contributed by atoms with van der Waals surface area (Å²) in [5, 5.41) is 14.3. The van der Waals surface area contributed by atoms with Crippen LogP contribution in [0.5, 0.6) is 0 Å². The van der Waals surface area contributed by atoms with Gasteiger partial charge in [-0.2, -0.15) is 0 Å². The number of carboxylic acids is 1. The molecule has 0 radical (unpaired) electrons. The van der Waals surface area contributed by atoms with Gasteiger partial charge in [0.1, 0.15) is 6.04 Å². The minimum atomic E-state index is -1.02. The molecule has 0 aliphatic heterocycles. The first kappa shape index (κ1) is 15.0. The Hall–Kier alpha value is -2.37. The van der Waals surface area contributed by atoms with Crippen LogP contribution in [0.15, 0.2) is 24.3 Å². The van der Waals surface area contributed by atoms with Crippen LogP contribution in [-0.4, -0.2) is 28.9 Å². The van der Waals surface area contributed by atoms with Crippen LogP contribution in [-0.2, 0) is 9.59 Å². The highest BCUT2D eigenvalue weighted by Crippen LogP contribution is 2.33. The van der Waals surface area contributed by atoms with Gasteiger partial charge in [0.05, 0.1) is 0 Å². The van der Waals surface area contributed by atoms with Gasteiger partial charge in [-0.1, -0.05) is 18.9 Å². The van der Waals surface area contributed by atoms with Gasteiger partial charge < -0.3 is 15.7 Å². The Morgan fingerprint density at radius 2 is 2.05 bits per heavy atom. The largest absolute Gasteiger partial charge is 0.480 e. The SMILES string of the molecule is CC(=O)Nc1cccc(C(=O)N[C@H](CC2CC2)C(=O)O)c1. The Bertz CT molecular complexity index is 567. The van der Waals surface area contributed by atoms with Gasteiger partial charge in [0.2, 0.25) is 5.91 Å². The van der Waals surface area contributed by atoms with Gasteiger partial charge in [-0.05, 0) is 30.5 Å². The van der Waals surface area contributed by atoms with Crippen LogP contribution in [0, 0.1) is 5.92 Å². The fourth-order valence-electron chi connectivity index (χ4n) is 2.09. The molecule has 1 fully saturated rings. The normalized spacial score (nSPS) is 15.1. The van der Waals surface area contributed by atoms with Crippen LogP contribution in [0.2, 0.25) is 0 Å². The van der Waals surface area contributed by atoms with E-state index in [0.717, 1.165) is 12.8 Å². The maximum absolute atomic E-state index is 12.1. The van der Waals surface area contributed by atoms with Gasteiger partial charge in [-0.3, -0.25) is 9.59 Å². The lowest BCUT2D eigenvalue weighted by molar-refractivity contribution is -0.139. The van der Waals surface area contributed by atoms with E-state index >= 15 is 0 Å². The predicted octanol–water partition coefficient (Wildman–Crippen LogP) is 1.63. The van der Waals surface area contributed by atoms with Crippen molar-refractivity contribution in [2.24, 2.45) is 5.92 Å². The zero-order valence-corrected chi connectivity index (χ0v) is 11.8. The number of carboxylic acid groups (broad SMARTS) is 1. The zero-order valence-electron chi connectivity index (χ0n) is 11.8. The molecule has 0 heterocycles. The average Bonchev–Trinajstić information content (AvgIpc) is 3.21. The Balaban J connectivity index is 2.03. The molecule has 0 aromatic heterocycles. The maximum Gasteiger partial charge on any atom is 0.326 e. The number of hydrogen-bond donors (Lipinski definition) is 3. The van der Waals surface area contributed by atoms with Crippen molar-refractivity contribution in [1.29, 1.82) is 0 Å². The second kappa shape index (κ2) is 6.39. The second-order valence-corrected chi connectivity index (χ2v) is 5.31. The molecule has 1 saturated carbocycles. The summed E-state index contributed by atoms with van der Waals surface area (Å²) in [5.41, 5.74) is 0.826. The van der Waals surface area contributed by atoms with Crippen molar-refractivity contribution >= 4 is 23.5 Å². The molecule has 1 atom stereocenters. The lowest BCUT2D eigenvalue weighted by Gasteiger charge is -2.14. The first-order valence-corrected chi connectivity index (χ1v) is 6.87. The third-order valence-electron chi connectivity index (χ3n) is 3.31. The van der Waals surface area contributed by atoms with Crippen molar-refractivity contribution in [3.05, 3.63) is 29.8 Å². The van der Waals surface area contributed by atoms with Gasteiger partial charge in [-0.25, -0.2) is 4.79 Å². The van der Waals surface area contributed by atoms with E-state index in [1.165, 1.54) is 13.0 Å². The van der Waals surface area contributed by atoms with E-state index in [0.29, 0.717) is 23.6 Å². The number of rotatable bonds is 6. The lowest BCUT2D eigenvalue weighted by atomic mass is 10.1. The molecule has 0 saturated heterocycles. The number of carbonyl (C=O) groups excluding carboxylic acids is 2. The second-order valence-electron chi connectivity index (χ2n) is 5.31. The van der Waals surface area contributed by atoms with Gasteiger partial charge in [0.25, 0.3) is 5.91 Å². The number of hydrogen-bond acceptors (Lipinski definition) is 3. The maximum atomic E-state index is 12.1. The van der Waals surface area contributed by atoms with Gasteiger partial charge >= 0.3 is 5.97 Å². The molecule has 0 bridgehead atoms. The fraction of sp³-hybridized carbons (Fsp3) is 0.400. The first-order chi connectivity index (χ1) is 9.95. The van der Waals surface area contributed by atoms with Crippen LogP contribution in [0.3, 0.4) is 0 Å². The van der Waals surface area contributed by atoms with Crippen molar-refractivity contribution in [3.63, 3.8) is 0 Å². The summed E-state index contributed by atoms with van der Waals surface area (Å²) in [6.45, 7) is 1.38. The van der Waals surface area contributed by atoms with E-state index in [9.17, 15) is 14.4 Å². The third-order valence-corrected chi connectivity index (χ3v) is 3.31. The summed E-state index contributed by atoms with van der Waals surface area (Å²) in [6, 6.07) is 5.53. The van der Waals surface area contributed by atoms with E-state index in [1.807, 2.05) is 0 Å². The summed E-state index contributed by atoms with van der Waals surface area (Å²) < 4.78 is 0. The van der Waals surface area contributed by atoms with E-state index in [4.69, 9.17) is 5.11 Å². The molecule has 0 unspecified atom stereocenters. The smallest absolute Gasteiger partial charge is 0.326 e. The molecule has 3 N–H and O–H groups in total. The van der Waals surface area contributed by atoms with Crippen LogP contribution in [0.4, 0.5) is 5.69 Å². The molecule has 1 aromatic carbocycles. The Kier molecular flexibility index (Phi) is 4.57. The number of nitrogens with one attached hydrogen (secondary N) is 2. The van der Waals surface area contributed by atoms with Crippen LogP contribution >= 0.6 is 0 Å². The van der Waals surface area contributed by atoms with Crippen molar-refractivity contribution in [1.82, 2.24) is 5.32 Å². The molecular formula is C15H18N2O4. The number of aliphatic carboxylic acids is 1. The Labute approximate surface area is 122 Å². The van der Waals surface area contributed by atoms with E-state index in [2.05, 4.69) is 10.6 Å². The summed E-state index contributed by atoms with van der Waals surface area (Å²) in [5.74, 6) is -1.30. The molecule has 1 aliphatic rings. The predicted molar refractivity (Wildman–Crippen MR) is 77.0 cm³/mol. The average molecular weight is 290 g/mol. The van der Waals surface area contributed by atoms with Crippen molar-refractivity contribution < 1.29 is 19.5 Å². The Morgan fingerprint density at radius 3 is 2.62 bits per heavy atom. The highest BCUT2D eigenvalue weighted by atomic mass is 16.4. The molecule has 1 aromatic rings. The van der Waals surface area contributed by atoms with E-state index in [-0.39, 0.29) is 5.91 Å². The van der Waals surface area contributed by atoms with Gasteiger partial charge in [0, 0.05) is 18.2 Å². The quantitative estimate of drug-likeness (QED) is 0.742. The Morgan fingerprint density at radius 1 is 1.33 bits per heavy atom. The summed E-state index contributed by atoms with van der Waals surface area (Å²) >= 11 is 0. The highest BCUT2D eigenvalue weighted by molar-refractivity contribution is 5.98. The number of amides is 2. The highest BCUT2D eigenvalue weighted by Gasteiger charge is 2.30. The van der Waals surface area contributed by atoms with Crippen LogP contribution in [0.1, 0.15) is 36.5 Å². The molecule has 21 heavy (non-hydrogen) atoms. The minimum absolute atomic E-state index is 0.232. The van der Waals surface area contributed by atoms with Crippen molar-refractivity contribution in [3.8, 4) is 0 Å². The van der Waals surface area contributed by atoms with E-state index in [1.54, 1.807) is 18.2 Å². The molecule has 6 nitrogen and oxygen atoms in total. The number of carbonyl (C=O) groups is 3. The summed E-state index contributed by atoms with van der Waals surface area (Å²) in [6.07, 6.45) is 2.52. The monoisotopic (exact) mass is 290 g/mol. The molecular weight excluding hydrogens is 272 g/mol. The molecule has 2 amide bonds.